The molecule has 1 aliphatic heterocycles. The van der Waals surface area contributed by atoms with Gasteiger partial charge in [-0.15, -0.1) is 0 Å². The predicted octanol–water partition coefficient (Wildman–Crippen LogP) is 2.96. The van der Waals surface area contributed by atoms with Gasteiger partial charge in [0, 0.05) is 45.7 Å². The number of anilines is 1. The predicted molar refractivity (Wildman–Crippen MR) is 103 cm³/mol. The van der Waals surface area contributed by atoms with E-state index in [1.807, 2.05) is 21.9 Å². The summed E-state index contributed by atoms with van der Waals surface area (Å²) in [5, 5.41) is 3.33. The number of carbonyl (C=O) groups is 1. The van der Waals surface area contributed by atoms with Crippen molar-refractivity contribution >= 4 is 11.6 Å². The minimum absolute atomic E-state index is 0.162. The Kier molecular flexibility index (Phi) is 6.23. The first-order valence-electron chi connectivity index (χ1n) is 9.17. The summed E-state index contributed by atoms with van der Waals surface area (Å²) in [6.45, 7) is 6.15. The van der Waals surface area contributed by atoms with Gasteiger partial charge in [-0.25, -0.2) is 4.39 Å². The van der Waals surface area contributed by atoms with Crippen molar-refractivity contribution < 1.29 is 9.18 Å². The molecule has 26 heavy (non-hydrogen) atoms. The maximum absolute atomic E-state index is 13.9. The van der Waals surface area contributed by atoms with Crippen LogP contribution in [0.5, 0.6) is 0 Å². The molecular weight excluding hydrogens is 329 g/mol. The highest BCUT2D eigenvalue weighted by molar-refractivity contribution is 5.76. The number of aryl methyl sites for hydroxylation is 1. The molecule has 2 aromatic carbocycles. The maximum Gasteiger partial charge on any atom is 0.223 e. The summed E-state index contributed by atoms with van der Waals surface area (Å²) in [6, 6.07) is 15.2. The third-order valence-electron chi connectivity index (χ3n) is 4.75. The molecule has 3 rings (SSSR count). The third-order valence-corrected chi connectivity index (χ3v) is 4.75. The monoisotopic (exact) mass is 355 g/mol. The van der Waals surface area contributed by atoms with Crippen LogP contribution in [-0.2, 0) is 11.3 Å². The first kappa shape index (κ1) is 18.4. The third kappa shape index (κ3) is 4.82. The number of carbonyl (C=O) groups excluding carboxylic acids is 1. The minimum atomic E-state index is -0.201. The lowest BCUT2D eigenvalue weighted by Crippen LogP contribution is -2.49. The van der Waals surface area contributed by atoms with Gasteiger partial charge >= 0.3 is 0 Å². The quantitative estimate of drug-likeness (QED) is 0.810. The Labute approximate surface area is 154 Å². The van der Waals surface area contributed by atoms with Crippen LogP contribution < -0.4 is 10.2 Å². The molecule has 0 bridgehead atoms. The molecule has 4 nitrogen and oxygen atoms in total. The molecule has 1 saturated heterocycles. The van der Waals surface area contributed by atoms with E-state index in [0.717, 1.165) is 6.54 Å². The van der Waals surface area contributed by atoms with E-state index >= 15 is 0 Å². The maximum atomic E-state index is 13.9. The molecule has 0 saturated carbocycles. The van der Waals surface area contributed by atoms with Crippen molar-refractivity contribution in [3.05, 3.63) is 65.5 Å². The number of nitrogens with one attached hydrogen (secondary N) is 1. The Morgan fingerprint density at radius 1 is 1.08 bits per heavy atom. The number of rotatable bonds is 6. The molecule has 2 aromatic rings. The van der Waals surface area contributed by atoms with E-state index in [2.05, 4.69) is 30.4 Å². The van der Waals surface area contributed by atoms with E-state index < -0.39 is 0 Å². The van der Waals surface area contributed by atoms with Crippen molar-refractivity contribution in [2.24, 2.45) is 0 Å². The fourth-order valence-corrected chi connectivity index (χ4v) is 3.31. The summed E-state index contributed by atoms with van der Waals surface area (Å²) in [5.41, 5.74) is 3.10. The zero-order valence-electron chi connectivity index (χ0n) is 15.2. The van der Waals surface area contributed by atoms with Crippen molar-refractivity contribution in [2.45, 2.75) is 19.9 Å². The Hall–Kier alpha value is -2.40. The topological polar surface area (TPSA) is 35.6 Å². The summed E-state index contributed by atoms with van der Waals surface area (Å²) in [4.78, 5) is 16.3. The smallest absolute Gasteiger partial charge is 0.223 e. The molecule has 1 fully saturated rings. The van der Waals surface area contributed by atoms with Gasteiger partial charge in [-0.2, -0.15) is 0 Å². The van der Waals surface area contributed by atoms with Gasteiger partial charge in [0.2, 0.25) is 5.91 Å². The Balaban J connectivity index is 1.39. The van der Waals surface area contributed by atoms with E-state index in [0.29, 0.717) is 44.8 Å². The van der Waals surface area contributed by atoms with Gasteiger partial charge in [0.15, 0.2) is 0 Å². The van der Waals surface area contributed by atoms with Crippen LogP contribution in [0, 0.1) is 12.7 Å². The standard InChI is InChI=1S/C21H26FN3O/c1-17-5-4-6-18(15-17)16-23-10-9-21(26)25-13-11-24(12-14-25)20-8-3-2-7-19(20)22/h2-8,15,23H,9-14,16H2,1H3. The van der Waals surface area contributed by atoms with Crippen molar-refractivity contribution in [3.63, 3.8) is 0 Å². The average molecular weight is 355 g/mol. The number of para-hydroxylation sites is 1. The largest absolute Gasteiger partial charge is 0.366 e. The van der Waals surface area contributed by atoms with Gasteiger partial charge in [0.1, 0.15) is 5.82 Å². The fourth-order valence-electron chi connectivity index (χ4n) is 3.31. The van der Waals surface area contributed by atoms with Gasteiger partial charge in [0.25, 0.3) is 0 Å². The number of hydrogen-bond donors (Lipinski definition) is 1. The lowest BCUT2D eigenvalue weighted by atomic mass is 10.1. The molecule has 1 aliphatic rings. The first-order valence-corrected chi connectivity index (χ1v) is 9.17. The average Bonchev–Trinajstić information content (AvgIpc) is 2.66. The summed E-state index contributed by atoms with van der Waals surface area (Å²) in [7, 11) is 0. The Morgan fingerprint density at radius 3 is 2.58 bits per heavy atom. The number of hydrogen-bond acceptors (Lipinski definition) is 3. The molecule has 5 heteroatoms. The molecule has 0 atom stereocenters. The lowest BCUT2D eigenvalue weighted by Gasteiger charge is -2.36. The molecule has 0 unspecified atom stereocenters. The van der Waals surface area contributed by atoms with Crippen molar-refractivity contribution in [2.75, 3.05) is 37.6 Å². The number of benzene rings is 2. The van der Waals surface area contributed by atoms with Crippen molar-refractivity contribution in [1.82, 2.24) is 10.2 Å². The van der Waals surface area contributed by atoms with Gasteiger partial charge in [-0.3, -0.25) is 4.79 Å². The molecule has 0 radical (unpaired) electrons. The molecule has 1 N–H and O–H groups in total. The number of piperazine rings is 1. The van der Waals surface area contributed by atoms with Crippen molar-refractivity contribution in [1.29, 1.82) is 0 Å². The van der Waals surface area contributed by atoms with E-state index in [1.165, 1.54) is 17.2 Å². The minimum Gasteiger partial charge on any atom is -0.366 e. The lowest BCUT2D eigenvalue weighted by molar-refractivity contribution is -0.131. The van der Waals surface area contributed by atoms with Crippen LogP contribution in [0.15, 0.2) is 48.5 Å². The number of halogens is 1. The molecular formula is C21H26FN3O. The summed E-state index contributed by atoms with van der Waals surface area (Å²) >= 11 is 0. The highest BCUT2D eigenvalue weighted by Gasteiger charge is 2.22. The van der Waals surface area contributed by atoms with Crippen molar-refractivity contribution in [3.8, 4) is 0 Å². The Bertz CT molecular complexity index is 742. The van der Waals surface area contributed by atoms with E-state index in [1.54, 1.807) is 12.1 Å². The van der Waals surface area contributed by atoms with Crippen LogP contribution in [0.1, 0.15) is 17.5 Å². The zero-order valence-corrected chi connectivity index (χ0v) is 15.2. The van der Waals surface area contributed by atoms with E-state index in [4.69, 9.17) is 0 Å². The van der Waals surface area contributed by atoms with Crippen LogP contribution >= 0.6 is 0 Å². The first-order chi connectivity index (χ1) is 12.6. The second-order valence-corrected chi connectivity index (χ2v) is 6.74. The second kappa shape index (κ2) is 8.81. The van der Waals surface area contributed by atoms with Crippen LogP contribution in [-0.4, -0.2) is 43.5 Å². The molecule has 1 heterocycles. The summed E-state index contributed by atoms with van der Waals surface area (Å²) in [6.07, 6.45) is 0.492. The number of nitrogens with zero attached hydrogens (tertiary/aromatic N) is 2. The normalized spacial score (nSPS) is 14.5. The van der Waals surface area contributed by atoms with Crippen LogP contribution in [0.4, 0.5) is 10.1 Å². The SMILES string of the molecule is Cc1cccc(CNCCC(=O)N2CCN(c3ccccc3F)CC2)c1. The second-order valence-electron chi connectivity index (χ2n) is 6.74. The highest BCUT2D eigenvalue weighted by atomic mass is 19.1. The molecule has 0 aliphatic carbocycles. The Morgan fingerprint density at radius 2 is 1.85 bits per heavy atom. The molecule has 0 aromatic heterocycles. The molecule has 1 amide bonds. The molecule has 0 spiro atoms. The molecule has 138 valence electrons. The van der Waals surface area contributed by atoms with Crippen LogP contribution in [0.3, 0.4) is 0 Å². The summed E-state index contributed by atoms with van der Waals surface area (Å²) in [5.74, 6) is -0.0393. The van der Waals surface area contributed by atoms with Gasteiger partial charge in [-0.05, 0) is 24.6 Å². The fraction of sp³-hybridized carbons (Fsp3) is 0.381. The van der Waals surface area contributed by atoms with E-state index in [-0.39, 0.29) is 11.7 Å². The van der Waals surface area contributed by atoms with E-state index in [9.17, 15) is 9.18 Å². The van der Waals surface area contributed by atoms with Gasteiger partial charge < -0.3 is 15.1 Å². The highest BCUT2D eigenvalue weighted by Crippen LogP contribution is 2.20. The zero-order chi connectivity index (χ0) is 18.4. The summed E-state index contributed by atoms with van der Waals surface area (Å²) < 4.78 is 13.9. The van der Waals surface area contributed by atoms with Crippen LogP contribution in [0.25, 0.3) is 0 Å². The van der Waals surface area contributed by atoms with Crippen LogP contribution in [0.2, 0.25) is 0 Å². The van der Waals surface area contributed by atoms with Gasteiger partial charge in [0.05, 0.1) is 5.69 Å². The number of amides is 1. The van der Waals surface area contributed by atoms with Gasteiger partial charge in [-0.1, -0.05) is 42.0 Å².